The van der Waals surface area contributed by atoms with Crippen molar-refractivity contribution in [2.75, 3.05) is 26.5 Å². The molecule has 2 N–H and O–H groups in total. The highest BCUT2D eigenvalue weighted by molar-refractivity contribution is 7.22. The van der Waals surface area contributed by atoms with Crippen molar-refractivity contribution in [3.8, 4) is 21.9 Å². The topological polar surface area (TPSA) is 141 Å². The summed E-state index contributed by atoms with van der Waals surface area (Å²) in [4.78, 5) is 53.5. The molecule has 4 aromatic heterocycles. The first-order valence-corrected chi connectivity index (χ1v) is 14.9. The molecular weight excluding hydrogens is 632 g/mol. The Hall–Kier alpha value is -5.58. The standard InChI is InChI=1S/C31H27F2N9O4S/c1-39(2)16-22-26-28(43)41(20-11-12-25(34-15-20)42-35-13-14-36-42)31(45)40(17-21-23(32)5-4-6-24(21)33)29(26)47-27(22)18-7-9-19(10-8-18)37-30(44)38-46-3/h4-15H,16-17H2,1-3H3,(H2,37,38,44). The lowest BCUT2D eigenvalue weighted by atomic mass is 10.1. The van der Waals surface area contributed by atoms with Gasteiger partial charge in [0.1, 0.15) is 16.5 Å². The highest BCUT2D eigenvalue weighted by Gasteiger charge is 2.25. The normalized spacial score (nSPS) is 11.4. The predicted octanol–water partition coefficient (Wildman–Crippen LogP) is 3.93. The number of aromatic nitrogens is 6. The number of fused-ring (bicyclic) bond motifs is 1. The summed E-state index contributed by atoms with van der Waals surface area (Å²) in [5.74, 6) is -1.30. The zero-order chi connectivity index (χ0) is 33.2. The van der Waals surface area contributed by atoms with Crippen molar-refractivity contribution in [2.24, 2.45) is 0 Å². The van der Waals surface area contributed by atoms with Gasteiger partial charge in [-0.3, -0.25) is 14.2 Å². The van der Waals surface area contributed by atoms with E-state index in [9.17, 15) is 23.2 Å². The number of amides is 2. The number of nitrogens with zero attached hydrogens (tertiary/aromatic N) is 7. The Kier molecular flexibility index (Phi) is 8.71. The maximum absolute atomic E-state index is 15.0. The van der Waals surface area contributed by atoms with Crippen LogP contribution in [0.15, 0.2) is 82.8 Å². The lowest BCUT2D eigenvalue weighted by Crippen LogP contribution is -2.39. The highest BCUT2D eigenvalue weighted by Crippen LogP contribution is 2.38. The van der Waals surface area contributed by atoms with Gasteiger partial charge in [0.2, 0.25) is 0 Å². The molecule has 6 rings (SSSR count). The van der Waals surface area contributed by atoms with E-state index in [4.69, 9.17) is 0 Å². The van der Waals surface area contributed by atoms with E-state index in [-0.39, 0.29) is 21.5 Å². The third kappa shape index (κ3) is 6.16. The molecule has 0 aliphatic carbocycles. The Morgan fingerprint density at radius 3 is 2.30 bits per heavy atom. The number of nitrogens with one attached hydrogen (secondary N) is 2. The number of anilines is 1. The summed E-state index contributed by atoms with van der Waals surface area (Å²) in [6.45, 7) is -0.176. The van der Waals surface area contributed by atoms with Crippen molar-refractivity contribution in [1.82, 2.24) is 39.5 Å². The molecule has 0 fully saturated rings. The van der Waals surface area contributed by atoms with Gasteiger partial charge in [-0.15, -0.1) is 16.1 Å². The van der Waals surface area contributed by atoms with Crippen LogP contribution in [0.4, 0.5) is 19.3 Å². The number of rotatable bonds is 9. The van der Waals surface area contributed by atoms with Crippen molar-refractivity contribution < 1.29 is 18.4 Å². The van der Waals surface area contributed by atoms with Gasteiger partial charge in [-0.2, -0.15) is 10.2 Å². The summed E-state index contributed by atoms with van der Waals surface area (Å²) in [5.41, 5.74) is 2.37. The zero-order valence-electron chi connectivity index (χ0n) is 25.3. The van der Waals surface area contributed by atoms with Crippen LogP contribution in [0.3, 0.4) is 0 Å². The van der Waals surface area contributed by atoms with Crippen molar-refractivity contribution in [2.45, 2.75) is 13.1 Å². The Morgan fingerprint density at radius 1 is 0.979 bits per heavy atom. The summed E-state index contributed by atoms with van der Waals surface area (Å²) in [6, 6.07) is 12.9. The van der Waals surface area contributed by atoms with Crippen LogP contribution in [0.2, 0.25) is 0 Å². The number of carbonyl (C=O) groups excluding carboxylic acids is 1. The molecule has 6 aromatic rings. The fourth-order valence-corrected chi connectivity index (χ4v) is 6.40. The van der Waals surface area contributed by atoms with Crippen LogP contribution < -0.4 is 22.0 Å². The van der Waals surface area contributed by atoms with Gasteiger partial charge in [-0.1, -0.05) is 18.2 Å². The van der Waals surface area contributed by atoms with E-state index in [0.29, 0.717) is 34.1 Å². The average Bonchev–Trinajstić information content (AvgIpc) is 3.71. The van der Waals surface area contributed by atoms with Crippen LogP contribution in [-0.4, -0.2) is 61.2 Å². The SMILES string of the molecule is CONC(=O)Nc1ccc(-c2sc3c(c2CN(C)C)c(=O)n(-c2ccc(-n4nccn4)nc2)c(=O)n3Cc2c(F)cccc2F)cc1. The molecule has 0 radical (unpaired) electrons. The molecule has 4 heterocycles. The van der Waals surface area contributed by atoms with Gasteiger partial charge in [0.05, 0.1) is 43.3 Å². The first kappa shape index (κ1) is 31.4. The van der Waals surface area contributed by atoms with Gasteiger partial charge in [0.15, 0.2) is 5.82 Å². The molecular formula is C31H27F2N9O4S. The monoisotopic (exact) mass is 659 g/mol. The third-order valence-corrected chi connectivity index (χ3v) is 8.44. The fourth-order valence-electron chi connectivity index (χ4n) is 5.09. The van der Waals surface area contributed by atoms with Crippen LogP contribution in [0.5, 0.6) is 0 Å². The molecule has 47 heavy (non-hydrogen) atoms. The number of thiophene rings is 1. The van der Waals surface area contributed by atoms with Crippen LogP contribution in [-0.2, 0) is 17.9 Å². The first-order chi connectivity index (χ1) is 22.7. The molecule has 240 valence electrons. The maximum Gasteiger partial charge on any atom is 0.343 e. The molecule has 0 spiro atoms. The Bertz CT molecular complexity index is 2170. The minimum atomic E-state index is -0.827. The minimum absolute atomic E-state index is 0.147. The van der Waals surface area contributed by atoms with Gasteiger partial charge in [-0.25, -0.2) is 33.4 Å². The molecule has 13 nitrogen and oxygen atoms in total. The molecule has 2 amide bonds. The van der Waals surface area contributed by atoms with E-state index in [1.807, 2.05) is 19.0 Å². The van der Waals surface area contributed by atoms with E-state index in [1.54, 1.807) is 30.3 Å². The van der Waals surface area contributed by atoms with Crippen LogP contribution in [0.1, 0.15) is 11.1 Å². The number of halogens is 2. The van der Waals surface area contributed by atoms with Crippen LogP contribution in [0.25, 0.3) is 32.2 Å². The van der Waals surface area contributed by atoms with Crippen molar-refractivity contribution in [1.29, 1.82) is 0 Å². The van der Waals surface area contributed by atoms with Crippen molar-refractivity contribution in [3.05, 3.63) is 117 Å². The zero-order valence-corrected chi connectivity index (χ0v) is 26.1. The second-order valence-corrected chi connectivity index (χ2v) is 11.6. The molecule has 0 aliphatic heterocycles. The number of urea groups is 1. The summed E-state index contributed by atoms with van der Waals surface area (Å²) in [7, 11) is 4.99. The van der Waals surface area contributed by atoms with E-state index in [1.165, 1.54) is 47.2 Å². The third-order valence-electron chi connectivity index (χ3n) is 7.14. The second-order valence-electron chi connectivity index (χ2n) is 10.6. The Balaban J connectivity index is 1.59. The lowest BCUT2D eigenvalue weighted by Gasteiger charge is -2.15. The van der Waals surface area contributed by atoms with Gasteiger partial charge in [0.25, 0.3) is 5.56 Å². The summed E-state index contributed by atoms with van der Waals surface area (Å²) >= 11 is 1.16. The number of pyridine rings is 1. The Morgan fingerprint density at radius 2 is 1.68 bits per heavy atom. The largest absolute Gasteiger partial charge is 0.343 e. The molecule has 16 heteroatoms. The van der Waals surface area contributed by atoms with Crippen molar-refractivity contribution >= 4 is 33.3 Å². The van der Waals surface area contributed by atoms with Gasteiger partial charge in [0, 0.05) is 22.7 Å². The molecule has 0 saturated heterocycles. The number of hydrogen-bond donors (Lipinski definition) is 2. The number of benzene rings is 2. The van der Waals surface area contributed by atoms with Crippen LogP contribution >= 0.6 is 11.3 Å². The smallest absolute Gasteiger partial charge is 0.306 e. The molecule has 2 aromatic carbocycles. The van der Waals surface area contributed by atoms with E-state index in [0.717, 1.165) is 28.0 Å². The van der Waals surface area contributed by atoms with E-state index < -0.39 is 35.5 Å². The average molecular weight is 660 g/mol. The predicted molar refractivity (Wildman–Crippen MR) is 172 cm³/mol. The first-order valence-electron chi connectivity index (χ1n) is 14.1. The van der Waals surface area contributed by atoms with Gasteiger partial charge < -0.3 is 10.2 Å². The molecule has 0 saturated carbocycles. The molecule has 0 unspecified atom stereocenters. The summed E-state index contributed by atoms with van der Waals surface area (Å²) in [5, 5.41) is 10.9. The Labute approximate surface area is 269 Å². The van der Waals surface area contributed by atoms with E-state index >= 15 is 0 Å². The molecule has 0 aliphatic rings. The fraction of sp³-hybridized carbons (Fsp3) is 0.161. The number of hydroxylamine groups is 1. The van der Waals surface area contributed by atoms with Gasteiger partial charge >= 0.3 is 11.7 Å². The molecule has 0 atom stereocenters. The summed E-state index contributed by atoms with van der Waals surface area (Å²) < 4.78 is 32.1. The van der Waals surface area contributed by atoms with Crippen molar-refractivity contribution in [3.63, 3.8) is 0 Å². The molecule has 0 bridgehead atoms. The number of carbonyl (C=O) groups is 1. The van der Waals surface area contributed by atoms with E-state index in [2.05, 4.69) is 30.8 Å². The van der Waals surface area contributed by atoms with Crippen LogP contribution in [0, 0.1) is 11.6 Å². The second kappa shape index (κ2) is 13.0. The van der Waals surface area contributed by atoms with Gasteiger partial charge in [-0.05, 0) is 61.6 Å². The quantitative estimate of drug-likeness (QED) is 0.223. The minimum Gasteiger partial charge on any atom is -0.306 e. The number of hydrogen-bond acceptors (Lipinski definition) is 9. The summed E-state index contributed by atoms with van der Waals surface area (Å²) in [6.07, 6.45) is 4.31. The maximum atomic E-state index is 15.0. The highest BCUT2D eigenvalue weighted by atomic mass is 32.1. The lowest BCUT2D eigenvalue weighted by molar-refractivity contribution is 0.114.